The highest BCUT2D eigenvalue weighted by Gasteiger charge is 2.11. The molecule has 2 rings (SSSR count). The third-order valence-electron chi connectivity index (χ3n) is 4.28. The van der Waals surface area contributed by atoms with E-state index >= 15 is 0 Å². The highest BCUT2D eigenvalue weighted by molar-refractivity contribution is 6.05. The van der Waals surface area contributed by atoms with Crippen molar-refractivity contribution in [3.63, 3.8) is 0 Å². The highest BCUT2D eigenvalue weighted by atomic mass is 16.5. The summed E-state index contributed by atoms with van der Waals surface area (Å²) >= 11 is 0. The second-order valence-corrected chi connectivity index (χ2v) is 6.21. The number of hydrogen-bond donors (Lipinski definition) is 2. The first kappa shape index (κ1) is 20.5. The molecule has 6 heteroatoms. The summed E-state index contributed by atoms with van der Waals surface area (Å²) in [7, 11) is 1.53. The van der Waals surface area contributed by atoms with Gasteiger partial charge in [0.05, 0.1) is 12.8 Å². The molecule has 0 aliphatic carbocycles. The molecule has 0 radical (unpaired) electrons. The van der Waals surface area contributed by atoms with Gasteiger partial charge in [-0.05, 0) is 49.0 Å². The Balaban J connectivity index is 2.13. The van der Waals surface area contributed by atoms with Crippen LogP contribution < -0.4 is 15.4 Å². The largest absolute Gasteiger partial charge is 0.495 e. The van der Waals surface area contributed by atoms with Gasteiger partial charge in [-0.3, -0.25) is 14.5 Å². The molecule has 2 N–H and O–H groups in total. The molecule has 144 valence electrons. The lowest BCUT2D eigenvalue weighted by Gasteiger charge is -2.18. The van der Waals surface area contributed by atoms with Crippen LogP contribution in [-0.2, 0) is 11.3 Å². The third-order valence-corrected chi connectivity index (χ3v) is 4.28. The van der Waals surface area contributed by atoms with Crippen molar-refractivity contribution in [2.75, 3.05) is 30.8 Å². The molecule has 0 unspecified atom stereocenters. The van der Waals surface area contributed by atoms with Crippen molar-refractivity contribution in [3.8, 4) is 5.75 Å². The smallest absolute Gasteiger partial charge is 0.255 e. The van der Waals surface area contributed by atoms with Crippen LogP contribution in [0.5, 0.6) is 5.75 Å². The van der Waals surface area contributed by atoms with Crippen molar-refractivity contribution < 1.29 is 14.3 Å². The molecule has 2 aromatic carbocycles. The summed E-state index contributed by atoms with van der Waals surface area (Å²) in [5.74, 6) is 0.111. The average molecular weight is 369 g/mol. The Labute approximate surface area is 160 Å². The Kier molecular flexibility index (Phi) is 7.37. The number of ether oxygens (including phenoxy) is 1. The lowest BCUT2D eigenvalue weighted by molar-refractivity contribution is -0.114. The third kappa shape index (κ3) is 5.82. The van der Waals surface area contributed by atoms with Gasteiger partial charge in [-0.2, -0.15) is 0 Å². The van der Waals surface area contributed by atoms with E-state index in [0.29, 0.717) is 22.7 Å². The van der Waals surface area contributed by atoms with E-state index < -0.39 is 0 Å². The number of hydrogen-bond acceptors (Lipinski definition) is 4. The summed E-state index contributed by atoms with van der Waals surface area (Å²) in [6, 6.07) is 12.7. The summed E-state index contributed by atoms with van der Waals surface area (Å²) < 4.78 is 5.30. The molecular formula is C21H27N3O3. The zero-order valence-electron chi connectivity index (χ0n) is 16.3. The minimum atomic E-state index is -0.234. The van der Waals surface area contributed by atoms with E-state index in [1.807, 2.05) is 24.3 Å². The van der Waals surface area contributed by atoms with E-state index in [-0.39, 0.29) is 11.8 Å². The summed E-state index contributed by atoms with van der Waals surface area (Å²) in [6.45, 7) is 8.54. The fourth-order valence-corrected chi connectivity index (χ4v) is 2.75. The fraction of sp³-hybridized carbons (Fsp3) is 0.333. The van der Waals surface area contributed by atoms with Crippen LogP contribution in [-0.4, -0.2) is 36.9 Å². The Morgan fingerprint density at radius 2 is 1.67 bits per heavy atom. The van der Waals surface area contributed by atoms with E-state index in [1.165, 1.54) is 19.6 Å². The number of carbonyl (C=O) groups is 2. The number of anilines is 2. The lowest BCUT2D eigenvalue weighted by atomic mass is 10.1. The monoisotopic (exact) mass is 369 g/mol. The van der Waals surface area contributed by atoms with Crippen molar-refractivity contribution in [3.05, 3.63) is 53.6 Å². The van der Waals surface area contributed by atoms with Crippen LogP contribution in [0.1, 0.15) is 36.7 Å². The van der Waals surface area contributed by atoms with Gasteiger partial charge in [0.25, 0.3) is 5.91 Å². The molecule has 0 spiro atoms. The number of rotatable bonds is 8. The summed E-state index contributed by atoms with van der Waals surface area (Å²) in [4.78, 5) is 26.2. The predicted molar refractivity (Wildman–Crippen MR) is 108 cm³/mol. The first-order chi connectivity index (χ1) is 13.0. The van der Waals surface area contributed by atoms with Crippen molar-refractivity contribution in [1.82, 2.24) is 4.90 Å². The fourth-order valence-electron chi connectivity index (χ4n) is 2.75. The normalized spacial score (nSPS) is 10.6. The molecule has 0 aliphatic rings. The molecule has 27 heavy (non-hydrogen) atoms. The zero-order valence-corrected chi connectivity index (χ0v) is 16.3. The molecule has 6 nitrogen and oxygen atoms in total. The SMILES string of the molecule is CCN(CC)Cc1ccc(C(=O)Nc2cc(NC(C)=O)ccc2OC)cc1. The lowest BCUT2D eigenvalue weighted by Crippen LogP contribution is -2.22. The molecule has 2 amide bonds. The number of nitrogens with one attached hydrogen (secondary N) is 2. The van der Waals surface area contributed by atoms with E-state index in [0.717, 1.165) is 19.6 Å². The van der Waals surface area contributed by atoms with Crippen molar-refractivity contribution >= 4 is 23.2 Å². The van der Waals surface area contributed by atoms with Gasteiger partial charge in [0, 0.05) is 24.7 Å². The van der Waals surface area contributed by atoms with Crippen LogP contribution in [0.4, 0.5) is 11.4 Å². The van der Waals surface area contributed by atoms with Crippen LogP contribution in [0, 0.1) is 0 Å². The van der Waals surface area contributed by atoms with Crippen LogP contribution in [0.25, 0.3) is 0 Å². The van der Waals surface area contributed by atoms with Crippen LogP contribution >= 0.6 is 0 Å². The van der Waals surface area contributed by atoms with Crippen molar-refractivity contribution in [2.24, 2.45) is 0 Å². The van der Waals surface area contributed by atoms with Crippen LogP contribution in [0.3, 0.4) is 0 Å². The highest BCUT2D eigenvalue weighted by Crippen LogP contribution is 2.28. The van der Waals surface area contributed by atoms with E-state index in [2.05, 4.69) is 29.4 Å². The van der Waals surface area contributed by atoms with Gasteiger partial charge < -0.3 is 15.4 Å². The Morgan fingerprint density at radius 3 is 2.22 bits per heavy atom. The zero-order chi connectivity index (χ0) is 19.8. The molecule has 0 atom stereocenters. The predicted octanol–water partition coefficient (Wildman–Crippen LogP) is 3.75. The minimum Gasteiger partial charge on any atom is -0.495 e. The number of benzene rings is 2. The molecular weight excluding hydrogens is 342 g/mol. The second-order valence-electron chi connectivity index (χ2n) is 6.21. The van der Waals surface area contributed by atoms with Gasteiger partial charge >= 0.3 is 0 Å². The quantitative estimate of drug-likeness (QED) is 0.743. The molecule has 0 saturated heterocycles. The van der Waals surface area contributed by atoms with Gasteiger partial charge in [-0.15, -0.1) is 0 Å². The number of methoxy groups -OCH3 is 1. The Morgan fingerprint density at radius 1 is 1.00 bits per heavy atom. The van der Waals surface area contributed by atoms with E-state index in [1.54, 1.807) is 18.2 Å². The molecule has 0 bridgehead atoms. The summed E-state index contributed by atoms with van der Waals surface area (Å²) in [6.07, 6.45) is 0. The standard InChI is InChI=1S/C21H27N3O3/c1-5-24(6-2)14-16-7-9-17(10-8-16)21(26)23-19-13-18(22-15(3)25)11-12-20(19)27-4/h7-13H,5-6,14H2,1-4H3,(H,22,25)(H,23,26). The van der Waals surface area contributed by atoms with Crippen LogP contribution in [0.15, 0.2) is 42.5 Å². The van der Waals surface area contributed by atoms with Crippen molar-refractivity contribution in [1.29, 1.82) is 0 Å². The summed E-state index contributed by atoms with van der Waals surface area (Å²) in [5.41, 5.74) is 2.82. The van der Waals surface area contributed by atoms with Crippen molar-refractivity contribution in [2.45, 2.75) is 27.3 Å². The van der Waals surface area contributed by atoms with E-state index in [4.69, 9.17) is 4.74 Å². The first-order valence-corrected chi connectivity index (χ1v) is 9.05. The van der Waals surface area contributed by atoms with Gasteiger partial charge in [-0.1, -0.05) is 26.0 Å². The van der Waals surface area contributed by atoms with Gasteiger partial charge in [0.15, 0.2) is 0 Å². The number of nitrogens with zero attached hydrogens (tertiary/aromatic N) is 1. The first-order valence-electron chi connectivity index (χ1n) is 9.05. The molecule has 0 saturated carbocycles. The van der Waals surface area contributed by atoms with Gasteiger partial charge in [0.2, 0.25) is 5.91 Å². The number of carbonyl (C=O) groups excluding carboxylic acids is 2. The number of amides is 2. The Hall–Kier alpha value is -2.86. The van der Waals surface area contributed by atoms with E-state index in [9.17, 15) is 9.59 Å². The maximum absolute atomic E-state index is 12.6. The molecule has 0 aromatic heterocycles. The molecule has 0 fully saturated rings. The molecule has 0 aliphatic heterocycles. The average Bonchev–Trinajstić information content (AvgIpc) is 2.66. The molecule has 0 heterocycles. The second kappa shape index (κ2) is 9.73. The molecule has 2 aromatic rings. The summed E-state index contributed by atoms with van der Waals surface area (Å²) in [5, 5.41) is 5.54. The maximum atomic E-state index is 12.6. The van der Waals surface area contributed by atoms with Gasteiger partial charge in [-0.25, -0.2) is 0 Å². The minimum absolute atomic E-state index is 0.179. The van der Waals surface area contributed by atoms with Gasteiger partial charge in [0.1, 0.15) is 5.75 Å². The maximum Gasteiger partial charge on any atom is 0.255 e. The van der Waals surface area contributed by atoms with Crippen LogP contribution in [0.2, 0.25) is 0 Å². The Bertz CT molecular complexity index is 784. The topological polar surface area (TPSA) is 70.7 Å².